The van der Waals surface area contributed by atoms with Crippen molar-refractivity contribution >= 4 is 29.4 Å². The minimum Gasteiger partial charge on any atom is -0.483 e. The van der Waals surface area contributed by atoms with Crippen LogP contribution in [0.3, 0.4) is 0 Å². The van der Waals surface area contributed by atoms with Crippen LogP contribution in [0.15, 0.2) is 71.1 Å². The van der Waals surface area contributed by atoms with Gasteiger partial charge in [0.15, 0.2) is 6.61 Å². The first-order valence-corrected chi connectivity index (χ1v) is 9.36. The zero-order valence-corrected chi connectivity index (χ0v) is 15.9. The van der Waals surface area contributed by atoms with E-state index in [2.05, 4.69) is 10.5 Å². The molecular formula is C21H18N2O4S. The van der Waals surface area contributed by atoms with Gasteiger partial charge in [0.05, 0.1) is 6.21 Å². The molecule has 0 fully saturated rings. The summed E-state index contributed by atoms with van der Waals surface area (Å²) in [7, 11) is 0. The van der Waals surface area contributed by atoms with Gasteiger partial charge in [-0.15, -0.1) is 11.3 Å². The summed E-state index contributed by atoms with van der Waals surface area (Å²) in [5, 5.41) is 5.71. The summed E-state index contributed by atoms with van der Waals surface area (Å²) in [6, 6.07) is 17.8. The van der Waals surface area contributed by atoms with Crippen molar-refractivity contribution in [3.05, 3.63) is 82.0 Å². The monoisotopic (exact) mass is 394 g/mol. The molecule has 0 atom stereocenters. The summed E-state index contributed by atoms with van der Waals surface area (Å²) in [6.07, 6.45) is 1.47. The SMILES string of the molecule is Cc1ccccc1OCC(=O)N/N=C/c1cccc(OC(=O)c2cccs2)c1. The van der Waals surface area contributed by atoms with E-state index in [-0.39, 0.29) is 12.5 Å². The van der Waals surface area contributed by atoms with Crippen LogP contribution in [0.5, 0.6) is 11.5 Å². The number of hydrazone groups is 1. The Morgan fingerprint density at radius 1 is 1.11 bits per heavy atom. The van der Waals surface area contributed by atoms with Gasteiger partial charge in [-0.25, -0.2) is 10.2 Å². The summed E-state index contributed by atoms with van der Waals surface area (Å²) in [5.41, 5.74) is 4.03. The highest BCUT2D eigenvalue weighted by atomic mass is 32.1. The number of para-hydroxylation sites is 1. The lowest BCUT2D eigenvalue weighted by molar-refractivity contribution is -0.123. The third kappa shape index (κ3) is 5.52. The summed E-state index contributed by atoms with van der Waals surface area (Å²) < 4.78 is 10.8. The number of rotatable bonds is 7. The number of carbonyl (C=O) groups is 2. The average molecular weight is 394 g/mol. The summed E-state index contributed by atoms with van der Waals surface area (Å²) >= 11 is 1.32. The first-order valence-electron chi connectivity index (χ1n) is 8.48. The predicted octanol–water partition coefficient (Wildman–Crippen LogP) is 3.80. The van der Waals surface area contributed by atoms with Crippen molar-refractivity contribution in [2.45, 2.75) is 6.92 Å². The Morgan fingerprint density at radius 2 is 1.96 bits per heavy atom. The third-order valence-electron chi connectivity index (χ3n) is 3.65. The molecule has 1 N–H and O–H groups in total. The van der Waals surface area contributed by atoms with E-state index in [9.17, 15) is 9.59 Å². The van der Waals surface area contributed by atoms with Crippen molar-refractivity contribution in [1.82, 2.24) is 5.43 Å². The number of carbonyl (C=O) groups excluding carboxylic acids is 2. The lowest BCUT2D eigenvalue weighted by Crippen LogP contribution is -2.24. The van der Waals surface area contributed by atoms with E-state index in [4.69, 9.17) is 9.47 Å². The molecule has 0 unspecified atom stereocenters. The van der Waals surface area contributed by atoms with Gasteiger partial charge in [-0.2, -0.15) is 5.10 Å². The number of thiophene rings is 1. The predicted molar refractivity (Wildman–Crippen MR) is 108 cm³/mol. The maximum Gasteiger partial charge on any atom is 0.353 e. The van der Waals surface area contributed by atoms with E-state index in [0.29, 0.717) is 21.9 Å². The average Bonchev–Trinajstić information content (AvgIpc) is 3.23. The fraction of sp³-hybridized carbons (Fsp3) is 0.0952. The van der Waals surface area contributed by atoms with Crippen molar-refractivity contribution < 1.29 is 19.1 Å². The fourth-order valence-corrected chi connectivity index (χ4v) is 2.88. The highest BCUT2D eigenvalue weighted by Gasteiger charge is 2.09. The third-order valence-corrected chi connectivity index (χ3v) is 4.50. The number of esters is 1. The zero-order valence-electron chi connectivity index (χ0n) is 15.1. The largest absolute Gasteiger partial charge is 0.483 e. The molecule has 3 aromatic rings. The molecule has 3 rings (SSSR count). The first-order chi connectivity index (χ1) is 13.6. The Labute approximate surface area is 166 Å². The highest BCUT2D eigenvalue weighted by molar-refractivity contribution is 7.12. The normalized spacial score (nSPS) is 10.6. The molecule has 0 spiro atoms. The van der Waals surface area contributed by atoms with E-state index in [1.54, 1.807) is 42.5 Å². The minimum atomic E-state index is -0.411. The number of ether oxygens (including phenoxy) is 2. The Balaban J connectivity index is 1.50. The zero-order chi connectivity index (χ0) is 19.8. The van der Waals surface area contributed by atoms with Crippen molar-refractivity contribution in [3.63, 3.8) is 0 Å². The van der Waals surface area contributed by atoms with Gasteiger partial charge in [0.25, 0.3) is 5.91 Å². The minimum absolute atomic E-state index is 0.138. The van der Waals surface area contributed by atoms with E-state index in [1.807, 2.05) is 30.5 Å². The molecule has 0 aliphatic carbocycles. The van der Waals surface area contributed by atoms with Crippen LogP contribution in [0.25, 0.3) is 0 Å². The van der Waals surface area contributed by atoms with Crippen molar-refractivity contribution in [3.8, 4) is 11.5 Å². The van der Waals surface area contributed by atoms with Crippen LogP contribution < -0.4 is 14.9 Å². The van der Waals surface area contributed by atoms with Crippen LogP contribution in [-0.4, -0.2) is 24.7 Å². The van der Waals surface area contributed by atoms with Crippen molar-refractivity contribution in [2.24, 2.45) is 5.10 Å². The second-order valence-corrected chi connectivity index (χ2v) is 6.73. The maximum absolute atomic E-state index is 12.0. The standard InChI is InChI=1S/C21H18N2O4S/c1-15-6-2-3-9-18(15)26-14-20(24)23-22-13-16-7-4-8-17(12-16)27-21(25)19-10-5-11-28-19/h2-13H,14H2,1H3,(H,23,24)/b22-13+. The summed E-state index contributed by atoms with van der Waals surface area (Å²) in [4.78, 5) is 24.4. The molecule has 1 amide bonds. The molecule has 2 aromatic carbocycles. The number of aryl methyl sites for hydroxylation is 1. The van der Waals surface area contributed by atoms with Crippen LogP contribution in [-0.2, 0) is 4.79 Å². The van der Waals surface area contributed by atoms with Gasteiger partial charge in [0.2, 0.25) is 0 Å². The summed E-state index contributed by atoms with van der Waals surface area (Å²) in [5.74, 6) is 0.268. The smallest absolute Gasteiger partial charge is 0.353 e. The van der Waals surface area contributed by atoms with Gasteiger partial charge in [0.1, 0.15) is 16.4 Å². The number of nitrogens with one attached hydrogen (secondary N) is 1. The van der Waals surface area contributed by atoms with Gasteiger partial charge in [-0.3, -0.25) is 4.79 Å². The quantitative estimate of drug-likeness (QED) is 0.286. The molecule has 6 nitrogen and oxygen atoms in total. The van der Waals surface area contributed by atoms with Gasteiger partial charge in [-0.1, -0.05) is 36.4 Å². The van der Waals surface area contributed by atoms with Crippen LogP contribution in [0.1, 0.15) is 20.8 Å². The second-order valence-electron chi connectivity index (χ2n) is 5.79. The van der Waals surface area contributed by atoms with Crippen molar-refractivity contribution in [1.29, 1.82) is 0 Å². The molecule has 0 radical (unpaired) electrons. The van der Waals surface area contributed by atoms with E-state index < -0.39 is 5.97 Å². The first kappa shape index (κ1) is 19.3. The van der Waals surface area contributed by atoms with Crippen LogP contribution in [0, 0.1) is 6.92 Å². The molecule has 28 heavy (non-hydrogen) atoms. The van der Waals surface area contributed by atoms with Gasteiger partial charge < -0.3 is 9.47 Å². The van der Waals surface area contributed by atoms with Crippen LogP contribution in [0.4, 0.5) is 0 Å². The number of hydrogen-bond donors (Lipinski definition) is 1. The Bertz CT molecular complexity index is 984. The molecule has 7 heteroatoms. The van der Waals surface area contributed by atoms with Crippen LogP contribution in [0.2, 0.25) is 0 Å². The number of nitrogens with zero attached hydrogens (tertiary/aromatic N) is 1. The molecule has 0 saturated carbocycles. The van der Waals surface area contributed by atoms with E-state index in [1.165, 1.54) is 17.6 Å². The molecule has 142 valence electrons. The lowest BCUT2D eigenvalue weighted by Gasteiger charge is -2.07. The molecule has 0 aliphatic heterocycles. The highest BCUT2D eigenvalue weighted by Crippen LogP contribution is 2.17. The Morgan fingerprint density at radius 3 is 2.75 bits per heavy atom. The fourth-order valence-electron chi connectivity index (χ4n) is 2.28. The Hall–Kier alpha value is -3.45. The van der Waals surface area contributed by atoms with Gasteiger partial charge >= 0.3 is 5.97 Å². The molecule has 0 saturated heterocycles. The topological polar surface area (TPSA) is 77.0 Å². The molecule has 0 bridgehead atoms. The van der Waals surface area contributed by atoms with Crippen LogP contribution >= 0.6 is 11.3 Å². The number of amides is 1. The second kappa shape index (κ2) is 9.48. The molecule has 1 heterocycles. The Kier molecular flexibility index (Phi) is 6.54. The number of hydrogen-bond acceptors (Lipinski definition) is 6. The van der Waals surface area contributed by atoms with Gasteiger partial charge in [0, 0.05) is 0 Å². The maximum atomic E-state index is 12.0. The summed E-state index contributed by atoms with van der Waals surface area (Å²) in [6.45, 7) is 1.77. The lowest BCUT2D eigenvalue weighted by atomic mass is 10.2. The van der Waals surface area contributed by atoms with Crippen molar-refractivity contribution in [2.75, 3.05) is 6.61 Å². The molecular weight excluding hydrogens is 376 g/mol. The molecule has 0 aliphatic rings. The van der Waals surface area contributed by atoms with E-state index in [0.717, 1.165) is 5.56 Å². The molecule has 1 aromatic heterocycles. The van der Waals surface area contributed by atoms with Gasteiger partial charge in [-0.05, 0) is 47.7 Å². The van der Waals surface area contributed by atoms with E-state index >= 15 is 0 Å². The number of benzene rings is 2.